The zero-order valence-corrected chi connectivity index (χ0v) is 6.86. The number of aliphatic hydroxyl groups excluding tert-OH is 1. The quantitative estimate of drug-likeness (QED) is 0.553. The van der Waals surface area contributed by atoms with Crippen molar-refractivity contribution in [1.82, 2.24) is 0 Å². The second-order valence-electron chi connectivity index (χ2n) is 3.59. The van der Waals surface area contributed by atoms with Crippen LogP contribution < -0.4 is 0 Å². The third-order valence-electron chi connectivity index (χ3n) is 2.83. The maximum Gasteiger partial charge on any atom is 0.163 e. The number of fused-ring (bicyclic) bond motifs is 2. The molecule has 0 saturated carbocycles. The number of rotatable bonds is 0. The van der Waals surface area contributed by atoms with Crippen LogP contribution >= 0.6 is 0 Å². The molecule has 3 nitrogen and oxygen atoms in total. The topological polar surface area (TPSA) is 38.7 Å². The Hall–Kier alpha value is -0.120. The molecule has 0 aromatic heterocycles. The highest BCUT2D eigenvalue weighted by atomic mass is 16.7. The Morgan fingerprint density at radius 1 is 1.27 bits per heavy atom. The molecule has 0 spiro atoms. The van der Waals surface area contributed by atoms with Gasteiger partial charge in [-0.3, -0.25) is 0 Å². The van der Waals surface area contributed by atoms with Crippen molar-refractivity contribution < 1.29 is 14.6 Å². The van der Waals surface area contributed by atoms with E-state index >= 15 is 0 Å². The van der Waals surface area contributed by atoms with Crippen molar-refractivity contribution in [2.75, 3.05) is 6.61 Å². The minimum absolute atomic E-state index is 0.115. The van der Waals surface area contributed by atoms with Gasteiger partial charge in [-0.2, -0.15) is 0 Å². The van der Waals surface area contributed by atoms with Gasteiger partial charge in [0.25, 0.3) is 0 Å². The molecule has 3 heteroatoms. The fourth-order valence-corrected chi connectivity index (χ4v) is 1.85. The molecule has 0 aromatic rings. The molecule has 2 rings (SSSR count). The van der Waals surface area contributed by atoms with E-state index in [0.29, 0.717) is 6.61 Å². The molecular formula is C8H14O3. The standard InChI is InChI=1S/C8H14O3/c1-4-6-3-10-8(11-6)5(2)7(4)9/h4-9H,3H2,1-2H3/t4-,5-,6-,7-,8-/m1/s1. The van der Waals surface area contributed by atoms with Gasteiger partial charge in [-0.05, 0) is 0 Å². The first-order valence-corrected chi connectivity index (χ1v) is 4.15. The molecule has 11 heavy (non-hydrogen) atoms. The molecule has 2 bridgehead atoms. The molecule has 1 N–H and O–H groups in total. The maximum atomic E-state index is 9.67. The zero-order valence-electron chi connectivity index (χ0n) is 6.86. The van der Waals surface area contributed by atoms with Gasteiger partial charge in [0.15, 0.2) is 6.29 Å². The SMILES string of the molecule is C[C@H]1[C@@H]2OC[C@@H](O2)[C@@H](C)[C@H]1O. The second kappa shape index (κ2) is 2.44. The summed E-state index contributed by atoms with van der Waals surface area (Å²) < 4.78 is 10.9. The van der Waals surface area contributed by atoms with Crippen LogP contribution in [0.3, 0.4) is 0 Å². The van der Waals surface area contributed by atoms with E-state index in [9.17, 15) is 5.11 Å². The number of ether oxygens (including phenoxy) is 2. The van der Waals surface area contributed by atoms with E-state index in [1.165, 1.54) is 0 Å². The van der Waals surface area contributed by atoms with Crippen molar-refractivity contribution >= 4 is 0 Å². The van der Waals surface area contributed by atoms with Gasteiger partial charge in [0.1, 0.15) is 0 Å². The third-order valence-corrected chi connectivity index (χ3v) is 2.83. The molecule has 2 aliphatic rings. The molecule has 64 valence electrons. The Morgan fingerprint density at radius 2 is 2.00 bits per heavy atom. The minimum Gasteiger partial charge on any atom is -0.392 e. The summed E-state index contributed by atoms with van der Waals surface area (Å²) in [6, 6.07) is 0. The number of aliphatic hydroxyl groups is 1. The van der Waals surface area contributed by atoms with E-state index in [1.54, 1.807) is 0 Å². The van der Waals surface area contributed by atoms with Crippen LogP contribution in [-0.4, -0.2) is 30.2 Å². The average molecular weight is 158 g/mol. The highest BCUT2D eigenvalue weighted by molar-refractivity contribution is 4.88. The summed E-state index contributed by atoms with van der Waals surface area (Å²) in [6.45, 7) is 4.62. The first kappa shape index (κ1) is 7.53. The fourth-order valence-electron chi connectivity index (χ4n) is 1.85. The molecule has 2 fully saturated rings. The smallest absolute Gasteiger partial charge is 0.163 e. The first-order valence-electron chi connectivity index (χ1n) is 4.15. The van der Waals surface area contributed by atoms with Gasteiger partial charge in [0.05, 0.1) is 18.8 Å². The predicted molar refractivity (Wildman–Crippen MR) is 38.9 cm³/mol. The van der Waals surface area contributed by atoms with E-state index in [0.717, 1.165) is 0 Å². The van der Waals surface area contributed by atoms with Crippen LogP contribution in [0.15, 0.2) is 0 Å². The van der Waals surface area contributed by atoms with Gasteiger partial charge in [-0.25, -0.2) is 0 Å². The predicted octanol–water partition coefficient (Wildman–Crippen LogP) is 0.375. The summed E-state index contributed by atoms with van der Waals surface area (Å²) in [5, 5.41) is 9.67. The van der Waals surface area contributed by atoms with Crippen LogP contribution in [0.1, 0.15) is 13.8 Å². The summed E-state index contributed by atoms with van der Waals surface area (Å²) in [6.07, 6.45) is -0.307. The lowest BCUT2D eigenvalue weighted by atomic mass is 9.88. The van der Waals surface area contributed by atoms with E-state index in [4.69, 9.17) is 9.47 Å². The molecule has 2 saturated heterocycles. The first-order chi connectivity index (χ1) is 5.20. The highest BCUT2D eigenvalue weighted by Crippen LogP contribution is 2.35. The Balaban J connectivity index is 2.16. The van der Waals surface area contributed by atoms with Gasteiger partial charge in [-0.15, -0.1) is 0 Å². The fraction of sp³-hybridized carbons (Fsp3) is 1.00. The molecule has 0 amide bonds. The Kier molecular flexibility index (Phi) is 1.67. The molecule has 5 atom stereocenters. The maximum absolute atomic E-state index is 9.67. The average Bonchev–Trinajstić information content (AvgIpc) is 2.44. The summed E-state index contributed by atoms with van der Waals surface area (Å²) in [4.78, 5) is 0. The second-order valence-corrected chi connectivity index (χ2v) is 3.59. The lowest BCUT2D eigenvalue weighted by Crippen LogP contribution is -2.44. The lowest BCUT2D eigenvalue weighted by Gasteiger charge is -2.34. The van der Waals surface area contributed by atoms with E-state index in [-0.39, 0.29) is 30.3 Å². The summed E-state index contributed by atoms with van der Waals surface area (Å²) >= 11 is 0. The van der Waals surface area contributed by atoms with Crippen LogP contribution in [0.2, 0.25) is 0 Å². The Morgan fingerprint density at radius 3 is 2.73 bits per heavy atom. The van der Waals surface area contributed by atoms with Crippen molar-refractivity contribution in [3.8, 4) is 0 Å². The zero-order chi connectivity index (χ0) is 8.01. The van der Waals surface area contributed by atoms with E-state index in [2.05, 4.69) is 0 Å². The third kappa shape index (κ3) is 0.991. The largest absolute Gasteiger partial charge is 0.392 e. The monoisotopic (exact) mass is 158 g/mol. The van der Waals surface area contributed by atoms with Gasteiger partial charge < -0.3 is 14.6 Å². The normalized spacial score (nSPS) is 56.5. The van der Waals surface area contributed by atoms with Crippen molar-refractivity contribution in [1.29, 1.82) is 0 Å². The summed E-state index contributed by atoms with van der Waals surface area (Å²) in [7, 11) is 0. The Labute approximate surface area is 66.3 Å². The van der Waals surface area contributed by atoms with Crippen LogP contribution in [0, 0.1) is 11.8 Å². The molecule has 0 radical (unpaired) electrons. The van der Waals surface area contributed by atoms with Gasteiger partial charge in [-0.1, -0.05) is 13.8 Å². The van der Waals surface area contributed by atoms with Crippen LogP contribution in [0.25, 0.3) is 0 Å². The molecule has 0 aliphatic carbocycles. The van der Waals surface area contributed by atoms with Gasteiger partial charge >= 0.3 is 0 Å². The summed E-state index contributed by atoms with van der Waals surface area (Å²) in [5.74, 6) is 0.326. The lowest BCUT2D eigenvalue weighted by molar-refractivity contribution is -0.175. The van der Waals surface area contributed by atoms with Crippen molar-refractivity contribution in [3.05, 3.63) is 0 Å². The van der Waals surface area contributed by atoms with Crippen molar-refractivity contribution in [3.63, 3.8) is 0 Å². The molecule has 0 aromatic carbocycles. The molecular weight excluding hydrogens is 144 g/mol. The highest BCUT2D eigenvalue weighted by Gasteiger charge is 2.45. The summed E-state index contributed by atoms with van der Waals surface area (Å²) in [5.41, 5.74) is 0. The molecule has 0 unspecified atom stereocenters. The van der Waals surface area contributed by atoms with Crippen molar-refractivity contribution in [2.45, 2.75) is 32.3 Å². The minimum atomic E-state index is -0.263. The van der Waals surface area contributed by atoms with Crippen LogP contribution in [0.4, 0.5) is 0 Å². The number of hydrogen-bond acceptors (Lipinski definition) is 3. The van der Waals surface area contributed by atoms with E-state index in [1.807, 2.05) is 13.8 Å². The Bertz CT molecular complexity index is 139. The van der Waals surface area contributed by atoms with Gasteiger partial charge in [0.2, 0.25) is 0 Å². The van der Waals surface area contributed by atoms with Crippen LogP contribution in [-0.2, 0) is 9.47 Å². The van der Waals surface area contributed by atoms with E-state index < -0.39 is 0 Å². The van der Waals surface area contributed by atoms with Crippen molar-refractivity contribution in [2.24, 2.45) is 11.8 Å². The molecule has 2 aliphatic heterocycles. The van der Waals surface area contributed by atoms with Crippen LogP contribution in [0.5, 0.6) is 0 Å². The molecule has 2 heterocycles. The van der Waals surface area contributed by atoms with Gasteiger partial charge in [0, 0.05) is 11.8 Å². The number of hydrogen-bond donors (Lipinski definition) is 1.